The van der Waals surface area contributed by atoms with E-state index in [1.54, 1.807) is 6.92 Å². The third-order valence-electron chi connectivity index (χ3n) is 3.02. The van der Waals surface area contributed by atoms with Gasteiger partial charge in [-0.25, -0.2) is 18.0 Å². The summed E-state index contributed by atoms with van der Waals surface area (Å²) in [6.07, 6.45) is 0.442. The molecule has 104 valence electrons. The minimum absolute atomic E-state index is 0.166. The predicted molar refractivity (Wildman–Crippen MR) is 68.1 cm³/mol. The lowest BCUT2D eigenvalue weighted by Crippen LogP contribution is -2.05. The molecule has 0 aliphatic carbocycles. The molecule has 2 rings (SSSR count). The van der Waals surface area contributed by atoms with E-state index in [9.17, 15) is 18.0 Å². The van der Waals surface area contributed by atoms with Crippen molar-refractivity contribution in [1.82, 2.24) is 0 Å². The highest BCUT2D eigenvalue weighted by atomic mass is 19.1. The van der Waals surface area contributed by atoms with Crippen LogP contribution in [0.2, 0.25) is 0 Å². The predicted octanol–water partition coefficient (Wildman–Crippen LogP) is 4.03. The van der Waals surface area contributed by atoms with Crippen LogP contribution in [0.3, 0.4) is 0 Å². The summed E-state index contributed by atoms with van der Waals surface area (Å²) in [7, 11) is 0. The van der Waals surface area contributed by atoms with E-state index in [0.29, 0.717) is 17.5 Å². The number of halogens is 3. The summed E-state index contributed by atoms with van der Waals surface area (Å²) in [6, 6.07) is 5.96. The Kier molecular flexibility index (Phi) is 3.79. The van der Waals surface area contributed by atoms with Gasteiger partial charge >= 0.3 is 5.97 Å². The lowest BCUT2D eigenvalue weighted by molar-refractivity contribution is 0.0686. The minimum atomic E-state index is -1.67. The van der Waals surface area contributed by atoms with Crippen molar-refractivity contribution in [1.29, 1.82) is 0 Å². The first-order chi connectivity index (χ1) is 9.43. The van der Waals surface area contributed by atoms with E-state index in [4.69, 9.17) is 5.11 Å². The Balaban J connectivity index is 2.57. The zero-order valence-corrected chi connectivity index (χ0v) is 10.6. The first kappa shape index (κ1) is 14.1. The highest BCUT2D eigenvalue weighted by Crippen LogP contribution is 2.26. The van der Waals surface area contributed by atoms with Gasteiger partial charge in [-0.05, 0) is 47.4 Å². The van der Waals surface area contributed by atoms with Crippen LogP contribution in [0.5, 0.6) is 0 Å². The lowest BCUT2D eigenvalue weighted by atomic mass is 10.00. The summed E-state index contributed by atoms with van der Waals surface area (Å²) in [4.78, 5) is 10.7. The molecule has 0 unspecified atom stereocenters. The van der Waals surface area contributed by atoms with Crippen molar-refractivity contribution in [2.75, 3.05) is 0 Å². The maximum Gasteiger partial charge on any atom is 0.341 e. The Morgan fingerprint density at radius 2 is 1.60 bits per heavy atom. The van der Waals surface area contributed by atoms with Gasteiger partial charge in [-0.3, -0.25) is 0 Å². The van der Waals surface area contributed by atoms with Gasteiger partial charge < -0.3 is 5.11 Å². The second-order valence-electron chi connectivity index (χ2n) is 4.28. The second kappa shape index (κ2) is 5.36. The number of hydrogen-bond acceptors (Lipinski definition) is 1. The molecule has 5 heteroatoms. The van der Waals surface area contributed by atoms with Crippen LogP contribution >= 0.6 is 0 Å². The minimum Gasteiger partial charge on any atom is -0.477 e. The molecule has 2 aromatic carbocycles. The zero-order chi connectivity index (χ0) is 14.9. The molecule has 0 atom stereocenters. The summed E-state index contributed by atoms with van der Waals surface area (Å²) in [5.41, 5.74) is 0.0230. The van der Waals surface area contributed by atoms with E-state index in [2.05, 4.69) is 0 Å². The third kappa shape index (κ3) is 2.52. The Bertz CT molecular complexity index is 658. The van der Waals surface area contributed by atoms with Gasteiger partial charge in [0.2, 0.25) is 0 Å². The van der Waals surface area contributed by atoms with Crippen LogP contribution in [0, 0.1) is 17.5 Å². The van der Waals surface area contributed by atoms with Gasteiger partial charge in [-0.2, -0.15) is 0 Å². The van der Waals surface area contributed by atoms with E-state index in [1.165, 1.54) is 18.2 Å². The molecule has 0 aromatic heterocycles. The van der Waals surface area contributed by atoms with Gasteiger partial charge in [-0.15, -0.1) is 0 Å². The van der Waals surface area contributed by atoms with Gasteiger partial charge in [0.05, 0.1) is 0 Å². The average Bonchev–Trinajstić information content (AvgIpc) is 2.37. The molecule has 0 spiro atoms. The smallest absolute Gasteiger partial charge is 0.341 e. The Hall–Kier alpha value is -2.30. The van der Waals surface area contributed by atoms with E-state index >= 15 is 0 Å². The average molecular weight is 280 g/mol. The quantitative estimate of drug-likeness (QED) is 0.921. The molecular formula is C15H11F3O2. The highest BCUT2D eigenvalue weighted by molar-refractivity contribution is 5.89. The fourth-order valence-electron chi connectivity index (χ4n) is 1.97. The molecule has 0 bridgehead atoms. The molecule has 1 N–H and O–H groups in total. The molecule has 0 saturated heterocycles. The molecule has 20 heavy (non-hydrogen) atoms. The van der Waals surface area contributed by atoms with E-state index in [1.807, 2.05) is 0 Å². The fourth-order valence-corrected chi connectivity index (χ4v) is 1.97. The molecule has 0 fully saturated rings. The van der Waals surface area contributed by atoms with Crippen LogP contribution in [0.15, 0.2) is 30.3 Å². The first-order valence-corrected chi connectivity index (χ1v) is 5.95. The number of hydrogen-bond donors (Lipinski definition) is 1. The van der Waals surface area contributed by atoms with Crippen LogP contribution < -0.4 is 0 Å². The summed E-state index contributed by atoms with van der Waals surface area (Å²) in [5, 5.41) is 8.70. The number of rotatable bonds is 3. The third-order valence-corrected chi connectivity index (χ3v) is 3.02. The van der Waals surface area contributed by atoms with Crippen molar-refractivity contribution in [3.63, 3.8) is 0 Å². The maximum absolute atomic E-state index is 13.6. The van der Waals surface area contributed by atoms with Gasteiger partial charge in [0.15, 0.2) is 0 Å². The number of carboxylic acids is 1. The van der Waals surface area contributed by atoms with Crippen molar-refractivity contribution in [3.8, 4) is 11.1 Å². The van der Waals surface area contributed by atoms with Crippen molar-refractivity contribution in [3.05, 3.63) is 58.9 Å². The SMILES string of the molecule is CCc1cc(-c2cc(F)c(C(=O)O)c(F)c2)ccc1F. The summed E-state index contributed by atoms with van der Waals surface area (Å²) >= 11 is 0. The highest BCUT2D eigenvalue weighted by Gasteiger charge is 2.18. The van der Waals surface area contributed by atoms with Crippen molar-refractivity contribution < 1.29 is 23.1 Å². The molecule has 0 saturated carbocycles. The van der Waals surface area contributed by atoms with Crippen LogP contribution in [0.1, 0.15) is 22.8 Å². The number of carboxylic acid groups (broad SMARTS) is 1. The van der Waals surface area contributed by atoms with Crippen LogP contribution in [-0.2, 0) is 6.42 Å². The first-order valence-electron chi connectivity index (χ1n) is 5.95. The Morgan fingerprint density at radius 1 is 1.00 bits per heavy atom. The molecule has 0 aliphatic rings. The topological polar surface area (TPSA) is 37.3 Å². The van der Waals surface area contributed by atoms with Gasteiger partial charge in [-0.1, -0.05) is 13.0 Å². The summed E-state index contributed by atoms with van der Waals surface area (Å²) in [5.74, 6) is -4.37. The second-order valence-corrected chi connectivity index (χ2v) is 4.28. The number of aromatic carboxylic acids is 1. The molecule has 0 aliphatic heterocycles. The fraction of sp³-hybridized carbons (Fsp3) is 0.133. The molecule has 0 heterocycles. The zero-order valence-electron chi connectivity index (χ0n) is 10.6. The largest absolute Gasteiger partial charge is 0.477 e. The maximum atomic E-state index is 13.6. The van der Waals surface area contributed by atoms with Crippen LogP contribution in [0.25, 0.3) is 11.1 Å². The van der Waals surface area contributed by atoms with E-state index < -0.39 is 23.2 Å². The number of aryl methyl sites for hydroxylation is 1. The van der Waals surface area contributed by atoms with E-state index in [0.717, 1.165) is 12.1 Å². The Labute approximate surface area is 113 Å². The molecule has 0 amide bonds. The molecule has 2 nitrogen and oxygen atoms in total. The molecule has 2 aromatic rings. The van der Waals surface area contributed by atoms with Gasteiger partial charge in [0.25, 0.3) is 0 Å². The van der Waals surface area contributed by atoms with E-state index in [-0.39, 0.29) is 11.4 Å². The lowest BCUT2D eigenvalue weighted by Gasteiger charge is -2.08. The standard InChI is InChI=1S/C15H11F3O2/c1-2-8-5-9(3-4-11(8)16)10-6-12(17)14(15(19)20)13(18)7-10/h3-7H,2H2,1H3,(H,19,20). The summed E-state index contributed by atoms with van der Waals surface area (Å²) < 4.78 is 40.6. The van der Waals surface area contributed by atoms with Gasteiger partial charge in [0, 0.05) is 0 Å². The van der Waals surface area contributed by atoms with Crippen LogP contribution in [0.4, 0.5) is 13.2 Å². The Morgan fingerprint density at radius 3 is 2.10 bits per heavy atom. The van der Waals surface area contributed by atoms with Crippen molar-refractivity contribution in [2.24, 2.45) is 0 Å². The number of carbonyl (C=O) groups is 1. The van der Waals surface area contributed by atoms with Crippen molar-refractivity contribution in [2.45, 2.75) is 13.3 Å². The normalized spacial score (nSPS) is 10.6. The monoisotopic (exact) mass is 280 g/mol. The summed E-state index contributed by atoms with van der Waals surface area (Å²) in [6.45, 7) is 1.76. The van der Waals surface area contributed by atoms with Crippen molar-refractivity contribution >= 4 is 5.97 Å². The molecule has 0 radical (unpaired) electrons. The molecular weight excluding hydrogens is 269 g/mol. The van der Waals surface area contributed by atoms with Crippen LogP contribution in [-0.4, -0.2) is 11.1 Å². The number of benzene rings is 2. The van der Waals surface area contributed by atoms with Gasteiger partial charge in [0.1, 0.15) is 23.0 Å².